The van der Waals surface area contributed by atoms with Gasteiger partial charge in [0.1, 0.15) is 17.9 Å². The predicted octanol–water partition coefficient (Wildman–Crippen LogP) is 6.88. The number of ether oxygens (including phenoxy) is 1. The average molecular weight is 668 g/mol. The third-order valence-electron chi connectivity index (χ3n) is 11.0. The minimum absolute atomic E-state index is 0.154. The van der Waals surface area contributed by atoms with Crippen molar-refractivity contribution in [2.75, 3.05) is 37.6 Å². The largest absolute Gasteiger partial charge is 0.451 e. The minimum atomic E-state index is -4.73. The van der Waals surface area contributed by atoms with E-state index in [1.54, 1.807) is 29.9 Å². The highest BCUT2D eigenvalue weighted by Gasteiger charge is 2.46. The van der Waals surface area contributed by atoms with Crippen molar-refractivity contribution in [1.82, 2.24) is 19.4 Å². The molecule has 0 bridgehead atoms. The van der Waals surface area contributed by atoms with Crippen LogP contribution in [0.1, 0.15) is 69.3 Å². The first-order chi connectivity index (χ1) is 23.0. The van der Waals surface area contributed by atoms with Crippen molar-refractivity contribution in [1.29, 1.82) is 0 Å². The van der Waals surface area contributed by atoms with Crippen molar-refractivity contribution in [3.05, 3.63) is 64.6 Å². The zero-order valence-corrected chi connectivity index (χ0v) is 27.1. The Morgan fingerprint density at radius 1 is 0.979 bits per heavy atom. The van der Waals surface area contributed by atoms with Crippen molar-refractivity contribution in [3.8, 4) is 22.8 Å². The molecular weight excluding hydrogens is 626 g/mol. The molecule has 2 saturated carbocycles. The Morgan fingerprint density at radius 2 is 1.69 bits per heavy atom. The molecule has 12 heteroatoms. The summed E-state index contributed by atoms with van der Waals surface area (Å²) in [6.45, 7) is 4.58. The van der Waals surface area contributed by atoms with Crippen LogP contribution < -0.4 is 15.2 Å². The number of hydrogen-bond acceptors (Lipinski definition) is 7. The summed E-state index contributed by atoms with van der Waals surface area (Å²) >= 11 is 0. The fourth-order valence-corrected chi connectivity index (χ4v) is 8.03. The highest BCUT2D eigenvalue weighted by Crippen LogP contribution is 2.48. The molecule has 256 valence electrons. The number of carbonyl (C=O) groups excluding carboxylic acids is 1. The maximum atomic E-state index is 14.7. The number of nitrogens with zero attached hydrogens (tertiary/aromatic N) is 5. The van der Waals surface area contributed by atoms with Gasteiger partial charge in [-0.25, -0.2) is 14.4 Å². The predicted molar refractivity (Wildman–Crippen MR) is 173 cm³/mol. The molecule has 4 fully saturated rings. The normalized spacial score (nSPS) is 22.8. The van der Waals surface area contributed by atoms with E-state index in [4.69, 9.17) is 4.74 Å². The second-order valence-electron chi connectivity index (χ2n) is 14.4. The van der Waals surface area contributed by atoms with Crippen LogP contribution in [0.2, 0.25) is 0 Å². The standard InChI is InChI=1S/C36H41F4N5O3/c1-43-32(47)11-9-27(25-6-7-25)33(43)28-17-26(37)8-10-29(28)48-30-18-41-22-42-34(30)45-20-35(21-45)12-14-44(15-13-35)19-24-4-2-23(3-5-24)16-31(46)36(38,39)40/h8-11,17-18,22-25H,2-7,12-16,19-21H2,1H3. The number of ketones is 1. The van der Waals surface area contributed by atoms with Gasteiger partial charge >= 0.3 is 6.18 Å². The van der Waals surface area contributed by atoms with E-state index < -0.39 is 17.8 Å². The third kappa shape index (κ3) is 6.86. The highest BCUT2D eigenvalue weighted by molar-refractivity contribution is 5.84. The highest BCUT2D eigenvalue weighted by atomic mass is 19.4. The van der Waals surface area contributed by atoms with Gasteiger partial charge in [0.05, 0.1) is 11.9 Å². The zero-order valence-electron chi connectivity index (χ0n) is 27.1. The maximum absolute atomic E-state index is 14.7. The quantitative estimate of drug-likeness (QED) is 0.230. The molecule has 0 atom stereocenters. The summed E-state index contributed by atoms with van der Waals surface area (Å²) in [5.74, 6) is 0.216. The summed E-state index contributed by atoms with van der Waals surface area (Å²) in [6, 6.07) is 7.78. The number of alkyl halides is 3. The molecule has 4 heterocycles. The van der Waals surface area contributed by atoms with Gasteiger partial charge in [-0.15, -0.1) is 0 Å². The number of piperidine rings is 1. The van der Waals surface area contributed by atoms with Crippen LogP contribution in [0.3, 0.4) is 0 Å². The molecule has 2 saturated heterocycles. The lowest BCUT2D eigenvalue weighted by Crippen LogP contribution is -2.61. The van der Waals surface area contributed by atoms with Crippen molar-refractivity contribution in [3.63, 3.8) is 0 Å². The van der Waals surface area contributed by atoms with Crippen LogP contribution in [0.5, 0.6) is 11.5 Å². The second-order valence-corrected chi connectivity index (χ2v) is 14.4. The summed E-state index contributed by atoms with van der Waals surface area (Å²) in [7, 11) is 1.70. The third-order valence-corrected chi connectivity index (χ3v) is 11.0. The van der Waals surface area contributed by atoms with E-state index in [9.17, 15) is 27.2 Å². The van der Waals surface area contributed by atoms with Crippen molar-refractivity contribution >= 4 is 11.6 Å². The van der Waals surface area contributed by atoms with Crippen molar-refractivity contribution < 1.29 is 27.1 Å². The van der Waals surface area contributed by atoms with E-state index in [1.807, 2.05) is 6.07 Å². The number of rotatable bonds is 9. The number of benzene rings is 1. The van der Waals surface area contributed by atoms with Crippen molar-refractivity contribution in [2.24, 2.45) is 24.3 Å². The molecule has 0 N–H and O–H groups in total. The van der Waals surface area contributed by atoms with Gasteiger partial charge in [-0.1, -0.05) is 6.07 Å². The molecule has 1 aromatic carbocycles. The fraction of sp³-hybridized carbons (Fsp3) is 0.556. The molecule has 1 spiro atoms. The topological polar surface area (TPSA) is 80.6 Å². The Balaban J connectivity index is 0.971. The average Bonchev–Trinajstić information content (AvgIpc) is 3.89. The van der Waals surface area contributed by atoms with Gasteiger partial charge in [0, 0.05) is 50.1 Å². The smallest absolute Gasteiger partial charge is 0.449 e. The molecule has 2 aliphatic heterocycles. The minimum Gasteiger partial charge on any atom is -0.451 e. The Labute approximate surface area is 277 Å². The lowest BCUT2D eigenvalue weighted by atomic mass is 9.71. The van der Waals surface area contributed by atoms with Crippen LogP contribution in [0.15, 0.2) is 47.7 Å². The molecule has 8 nitrogen and oxygen atoms in total. The molecule has 0 unspecified atom stereocenters. The van der Waals surface area contributed by atoms with Gasteiger partial charge in [-0.2, -0.15) is 13.2 Å². The summed E-state index contributed by atoms with van der Waals surface area (Å²) < 4.78 is 60.7. The molecule has 48 heavy (non-hydrogen) atoms. The number of carbonyl (C=O) groups is 1. The molecule has 7 rings (SSSR count). The van der Waals surface area contributed by atoms with Gasteiger partial charge < -0.3 is 19.1 Å². The summed E-state index contributed by atoms with van der Waals surface area (Å²) in [5, 5.41) is 0. The SMILES string of the molecule is Cn1c(-c2cc(F)ccc2Oc2cncnc2N2CC3(CCN(CC4CCC(CC(=O)C(F)(F)F)CC4)CC3)C2)c(C2CC2)ccc1=O. The summed E-state index contributed by atoms with van der Waals surface area (Å²) in [5.41, 5.74) is 2.20. The van der Waals surface area contributed by atoms with Gasteiger partial charge in [0.25, 0.3) is 5.56 Å². The molecule has 2 aromatic heterocycles. The lowest BCUT2D eigenvalue weighted by Gasteiger charge is -2.54. The van der Waals surface area contributed by atoms with E-state index in [2.05, 4.69) is 19.8 Å². The summed E-state index contributed by atoms with van der Waals surface area (Å²) in [6.07, 6.45) is 5.31. The maximum Gasteiger partial charge on any atom is 0.449 e. The molecule has 4 aliphatic rings. The van der Waals surface area contributed by atoms with E-state index in [0.717, 1.165) is 76.8 Å². The van der Waals surface area contributed by atoms with Crippen molar-refractivity contribution in [2.45, 2.75) is 69.9 Å². The first kappa shape index (κ1) is 32.7. The Hall–Kier alpha value is -3.80. The molecule has 3 aromatic rings. The van der Waals surface area contributed by atoms with E-state index in [-0.39, 0.29) is 23.3 Å². The Kier molecular flexibility index (Phi) is 8.80. The van der Waals surface area contributed by atoms with Gasteiger partial charge in [-0.05, 0) is 106 Å². The van der Waals surface area contributed by atoms with Crippen LogP contribution in [-0.2, 0) is 11.8 Å². The van der Waals surface area contributed by atoms with Crippen LogP contribution in [0.25, 0.3) is 11.3 Å². The first-order valence-electron chi connectivity index (χ1n) is 17.0. The molecule has 2 aliphatic carbocycles. The number of aromatic nitrogens is 3. The molecule has 0 amide bonds. The monoisotopic (exact) mass is 667 g/mol. The van der Waals surface area contributed by atoms with E-state index in [1.165, 1.54) is 18.5 Å². The van der Waals surface area contributed by atoms with E-state index in [0.29, 0.717) is 53.3 Å². The number of anilines is 1. The Morgan fingerprint density at radius 3 is 2.38 bits per heavy atom. The van der Waals surface area contributed by atoms with Crippen LogP contribution in [-0.4, -0.2) is 64.1 Å². The molecular formula is C36H41F4N5O3. The first-order valence-corrected chi connectivity index (χ1v) is 17.0. The number of halogens is 4. The zero-order chi connectivity index (χ0) is 33.6. The van der Waals surface area contributed by atoms with Crippen LogP contribution in [0, 0.1) is 23.1 Å². The van der Waals surface area contributed by atoms with Gasteiger partial charge in [-0.3, -0.25) is 9.59 Å². The fourth-order valence-electron chi connectivity index (χ4n) is 8.03. The number of Topliss-reactive ketones (excluding diaryl/α,β-unsaturated/α-hetero) is 1. The van der Waals surface area contributed by atoms with E-state index >= 15 is 0 Å². The number of likely N-dealkylation sites (tertiary alicyclic amines) is 1. The number of pyridine rings is 1. The van der Waals surface area contributed by atoms with Gasteiger partial charge in [0.15, 0.2) is 11.6 Å². The summed E-state index contributed by atoms with van der Waals surface area (Å²) in [4.78, 5) is 37.5. The van der Waals surface area contributed by atoms with Gasteiger partial charge in [0.2, 0.25) is 5.78 Å². The number of hydrogen-bond donors (Lipinski definition) is 0. The second kappa shape index (κ2) is 12.9. The van der Waals surface area contributed by atoms with Crippen LogP contribution in [0.4, 0.5) is 23.4 Å². The lowest BCUT2D eigenvalue weighted by molar-refractivity contribution is -0.172. The van der Waals surface area contributed by atoms with Crippen LogP contribution >= 0.6 is 0 Å². The molecule has 0 radical (unpaired) electrons. The Bertz CT molecular complexity index is 1720.